The Bertz CT molecular complexity index is 130. The van der Waals surface area contributed by atoms with Crippen LogP contribution in [0.25, 0.3) is 0 Å². The highest BCUT2D eigenvalue weighted by Gasteiger charge is 2.13. The van der Waals surface area contributed by atoms with Gasteiger partial charge in [0, 0.05) is 0 Å². The van der Waals surface area contributed by atoms with Crippen molar-refractivity contribution in [2.75, 3.05) is 19.6 Å². The van der Waals surface area contributed by atoms with Gasteiger partial charge in [-0.05, 0) is 50.2 Å². The van der Waals surface area contributed by atoms with Crippen molar-refractivity contribution in [3.8, 4) is 0 Å². The van der Waals surface area contributed by atoms with Gasteiger partial charge in [-0.15, -0.1) is 0 Å². The lowest BCUT2D eigenvalue weighted by Crippen LogP contribution is -2.29. The predicted octanol–water partition coefficient (Wildman–Crippen LogP) is 2.39. The first kappa shape index (κ1) is 13.9. The molecule has 0 aromatic heterocycles. The van der Waals surface area contributed by atoms with Crippen LogP contribution in [-0.4, -0.2) is 19.6 Å². The highest BCUT2D eigenvalue weighted by molar-refractivity contribution is 4.70. The van der Waals surface area contributed by atoms with E-state index in [4.69, 9.17) is 5.73 Å². The van der Waals surface area contributed by atoms with Crippen LogP contribution in [0, 0.1) is 11.3 Å². The quantitative estimate of drug-likeness (QED) is 0.590. The minimum absolute atomic E-state index is 0.297. The first-order valence-electron chi connectivity index (χ1n) is 5.89. The first-order valence-corrected chi connectivity index (χ1v) is 5.89. The largest absolute Gasteiger partial charge is 0.330 e. The van der Waals surface area contributed by atoms with Crippen LogP contribution in [0.4, 0.5) is 0 Å². The predicted molar refractivity (Wildman–Crippen MR) is 64.4 cm³/mol. The average molecular weight is 200 g/mol. The molecule has 0 aromatic rings. The molecule has 3 N–H and O–H groups in total. The fourth-order valence-corrected chi connectivity index (χ4v) is 1.29. The van der Waals surface area contributed by atoms with E-state index in [1.807, 2.05) is 0 Å². The summed E-state index contributed by atoms with van der Waals surface area (Å²) >= 11 is 0. The van der Waals surface area contributed by atoms with Gasteiger partial charge in [0.2, 0.25) is 0 Å². The molecule has 0 aliphatic rings. The molecule has 0 atom stereocenters. The van der Waals surface area contributed by atoms with Gasteiger partial charge in [-0.25, -0.2) is 0 Å². The van der Waals surface area contributed by atoms with Crippen molar-refractivity contribution in [3.05, 3.63) is 0 Å². The van der Waals surface area contributed by atoms with Crippen molar-refractivity contribution in [1.82, 2.24) is 5.32 Å². The fourth-order valence-electron chi connectivity index (χ4n) is 1.29. The van der Waals surface area contributed by atoms with Gasteiger partial charge in [0.25, 0.3) is 0 Å². The summed E-state index contributed by atoms with van der Waals surface area (Å²) in [6.45, 7) is 12.0. The molecule has 0 rings (SSSR count). The summed E-state index contributed by atoms with van der Waals surface area (Å²) in [5.74, 6) is 0.831. The molecule has 0 aromatic carbocycles. The fraction of sp³-hybridized carbons (Fsp3) is 1.00. The van der Waals surface area contributed by atoms with Crippen molar-refractivity contribution < 1.29 is 0 Å². The van der Waals surface area contributed by atoms with Gasteiger partial charge >= 0.3 is 0 Å². The van der Waals surface area contributed by atoms with Gasteiger partial charge in [0.15, 0.2) is 0 Å². The summed E-state index contributed by atoms with van der Waals surface area (Å²) < 4.78 is 0. The summed E-state index contributed by atoms with van der Waals surface area (Å²) in [5, 5.41) is 3.48. The van der Waals surface area contributed by atoms with Crippen LogP contribution < -0.4 is 11.1 Å². The Balaban J connectivity index is 3.21. The molecule has 0 unspecified atom stereocenters. The SMILES string of the molecule is CC(C)CCCNCCC(C)(C)CN. The highest BCUT2D eigenvalue weighted by atomic mass is 14.8. The third-order valence-corrected chi connectivity index (χ3v) is 2.67. The third kappa shape index (κ3) is 8.52. The molecular formula is C12H28N2. The Morgan fingerprint density at radius 3 is 2.36 bits per heavy atom. The molecule has 0 aliphatic carbocycles. The molecule has 0 amide bonds. The Labute approximate surface area is 89.6 Å². The zero-order valence-corrected chi connectivity index (χ0v) is 10.4. The van der Waals surface area contributed by atoms with E-state index in [-0.39, 0.29) is 0 Å². The Kier molecular flexibility index (Phi) is 7.20. The van der Waals surface area contributed by atoms with Crippen LogP contribution >= 0.6 is 0 Å². The van der Waals surface area contributed by atoms with Crippen molar-refractivity contribution >= 4 is 0 Å². The maximum absolute atomic E-state index is 5.66. The molecule has 2 nitrogen and oxygen atoms in total. The van der Waals surface area contributed by atoms with E-state index < -0.39 is 0 Å². The Morgan fingerprint density at radius 2 is 1.86 bits per heavy atom. The van der Waals surface area contributed by atoms with Gasteiger partial charge in [-0.2, -0.15) is 0 Å². The third-order valence-electron chi connectivity index (χ3n) is 2.67. The molecule has 2 heteroatoms. The minimum Gasteiger partial charge on any atom is -0.330 e. The number of rotatable bonds is 8. The summed E-state index contributed by atoms with van der Waals surface area (Å²) in [7, 11) is 0. The van der Waals surface area contributed by atoms with E-state index in [0.29, 0.717) is 5.41 Å². The zero-order chi connectivity index (χ0) is 11.0. The summed E-state index contributed by atoms with van der Waals surface area (Å²) in [5.41, 5.74) is 5.96. The maximum atomic E-state index is 5.66. The van der Waals surface area contributed by atoms with Gasteiger partial charge in [-0.1, -0.05) is 27.7 Å². The monoisotopic (exact) mass is 200 g/mol. The number of hydrogen-bond donors (Lipinski definition) is 2. The smallest absolute Gasteiger partial charge is 0.00253 e. The number of nitrogens with one attached hydrogen (secondary N) is 1. The van der Waals surface area contributed by atoms with Crippen molar-refractivity contribution in [3.63, 3.8) is 0 Å². The summed E-state index contributed by atoms with van der Waals surface area (Å²) in [6, 6.07) is 0. The molecule has 0 radical (unpaired) electrons. The molecule has 0 heterocycles. The second-order valence-electron chi connectivity index (χ2n) is 5.40. The molecule has 0 bridgehead atoms. The molecular weight excluding hydrogens is 172 g/mol. The molecule has 0 saturated carbocycles. The van der Waals surface area contributed by atoms with Crippen LogP contribution in [0.1, 0.15) is 47.0 Å². The van der Waals surface area contributed by atoms with E-state index in [1.165, 1.54) is 19.3 Å². The normalized spacial score (nSPS) is 12.4. The number of hydrogen-bond acceptors (Lipinski definition) is 2. The van der Waals surface area contributed by atoms with Gasteiger partial charge in [0.05, 0.1) is 0 Å². The van der Waals surface area contributed by atoms with Gasteiger partial charge in [-0.3, -0.25) is 0 Å². The average Bonchev–Trinajstić information content (AvgIpc) is 2.10. The van der Waals surface area contributed by atoms with Crippen molar-refractivity contribution in [2.24, 2.45) is 17.1 Å². The van der Waals surface area contributed by atoms with Crippen LogP contribution in [0.3, 0.4) is 0 Å². The Hall–Kier alpha value is -0.0800. The lowest BCUT2D eigenvalue weighted by Gasteiger charge is -2.22. The van der Waals surface area contributed by atoms with Crippen LogP contribution in [0.5, 0.6) is 0 Å². The lowest BCUT2D eigenvalue weighted by atomic mass is 9.90. The van der Waals surface area contributed by atoms with E-state index >= 15 is 0 Å². The van der Waals surface area contributed by atoms with Crippen LogP contribution in [0.2, 0.25) is 0 Å². The second kappa shape index (κ2) is 7.24. The molecule has 86 valence electrons. The van der Waals surface area contributed by atoms with Crippen LogP contribution in [0.15, 0.2) is 0 Å². The molecule has 0 fully saturated rings. The minimum atomic E-state index is 0.297. The molecule has 0 spiro atoms. The van der Waals surface area contributed by atoms with Crippen molar-refractivity contribution in [2.45, 2.75) is 47.0 Å². The van der Waals surface area contributed by atoms with Gasteiger partial charge < -0.3 is 11.1 Å². The molecule has 0 aliphatic heterocycles. The highest BCUT2D eigenvalue weighted by Crippen LogP contribution is 2.16. The second-order valence-corrected chi connectivity index (χ2v) is 5.40. The van der Waals surface area contributed by atoms with E-state index in [2.05, 4.69) is 33.0 Å². The zero-order valence-electron chi connectivity index (χ0n) is 10.4. The summed E-state index contributed by atoms with van der Waals surface area (Å²) in [6.07, 6.45) is 3.79. The lowest BCUT2D eigenvalue weighted by molar-refractivity contribution is 0.338. The molecule has 14 heavy (non-hydrogen) atoms. The maximum Gasteiger partial charge on any atom is -0.00253 e. The standard InChI is InChI=1S/C12H28N2/c1-11(2)6-5-8-14-9-7-12(3,4)10-13/h11,14H,5-10,13H2,1-4H3. The topological polar surface area (TPSA) is 38.0 Å². The van der Waals surface area contributed by atoms with Crippen molar-refractivity contribution in [1.29, 1.82) is 0 Å². The van der Waals surface area contributed by atoms with Crippen LogP contribution in [-0.2, 0) is 0 Å². The van der Waals surface area contributed by atoms with E-state index in [9.17, 15) is 0 Å². The van der Waals surface area contributed by atoms with E-state index in [1.54, 1.807) is 0 Å². The Morgan fingerprint density at radius 1 is 1.21 bits per heavy atom. The summed E-state index contributed by atoms with van der Waals surface area (Å²) in [4.78, 5) is 0. The van der Waals surface area contributed by atoms with E-state index in [0.717, 1.165) is 25.6 Å². The van der Waals surface area contributed by atoms with Gasteiger partial charge in [0.1, 0.15) is 0 Å². The first-order chi connectivity index (χ1) is 6.48. The number of nitrogens with two attached hydrogens (primary N) is 1. The molecule has 0 saturated heterocycles.